The van der Waals surface area contributed by atoms with Gasteiger partial charge in [0.2, 0.25) is 5.91 Å². The largest absolute Gasteiger partial charge is 0.391 e. The number of nitrogens with one attached hydrogen (secondary N) is 4. The molecular formula is C29H36N4O5. The van der Waals surface area contributed by atoms with Gasteiger partial charge in [0.25, 0.3) is 11.8 Å². The van der Waals surface area contributed by atoms with Crippen LogP contribution in [0.1, 0.15) is 61.5 Å². The second-order valence-corrected chi connectivity index (χ2v) is 9.88. The van der Waals surface area contributed by atoms with Gasteiger partial charge < -0.3 is 21.1 Å². The van der Waals surface area contributed by atoms with E-state index in [1.54, 1.807) is 24.3 Å². The molecule has 0 aliphatic heterocycles. The van der Waals surface area contributed by atoms with Crippen LogP contribution in [0.5, 0.6) is 0 Å². The van der Waals surface area contributed by atoms with Crippen LogP contribution in [0.25, 0.3) is 0 Å². The van der Waals surface area contributed by atoms with E-state index in [0.717, 1.165) is 12.0 Å². The summed E-state index contributed by atoms with van der Waals surface area (Å²) in [6.07, 6.45) is 2.36. The second-order valence-electron chi connectivity index (χ2n) is 9.88. The molecule has 9 heteroatoms. The van der Waals surface area contributed by atoms with Crippen molar-refractivity contribution in [2.75, 3.05) is 11.9 Å². The van der Waals surface area contributed by atoms with Gasteiger partial charge in [-0.15, -0.1) is 0 Å². The van der Waals surface area contributed by atoms with E-state index in [1.165, 1.54) is 25.2 Å². The molecule has 1 aliphatic carbocycles. The van der Waals surface area contributed by atoms with Gasteiger partial charge in [0.1, 0.15) is 6.04 Å². The van der Waals surface area contributed by atoms with Crippen molar-refractivity contribution in [3.63, 3.8) is 0 Å². The van der Waals surface area contributed by atoms with Crippen LogP contribution in [0.15, 0.2) is 48.5 Å². The highest BCUT2D eigenvalue weighted by molar-refractivity contribution is 5.97. The van der Waals surface area contributed by atoms with Crippen molar-refractivity contribution < 1.29 is 24.7 Å². The van der Waals surface area contributed by atoms with Crippen molar-refractivity contribution in [2.24, 2.45) is 11.8 Å². The molecule has 0 radical (unpaired) electrons. The molecule has 9 nitrogen and oxygen atoms in total. The summed E-state index contributed by atoms with van der Waals surface area (Å²) in [5.74, 6) is 5.74. The Morgan fingerprint density at radius 3 is 2.16 bits per heavy atom. The molecule has 1 saturated carbocycles. The maximum atomic E-state index is 12.4. The third-order valence-electron chi connectivity index (χ3n) is 7.06. The van der Waals surface area contributed by atoms with Crippen molar-refractivity contribution in [2.45, 2.75) is 58.2 Å². The van der Waals surface area contributed by atoms with Gasteiger partial charge in [-0.1, -0.05) is 38.5 Å². The Morgan fingerprint density at radius 1 is 0.974 bits per heavy atom. The van der Waals surface area contributed by atoms with Crippen LogP contribution in [0, 0.1) is 23.7 Å². The summed E-state index contributed by atoms with van der Waals surface area (Å²) < 4.78 is 0. The summed E-state index contributed by atoms with van der Waals surface area (Å²) >= 11 is 0. The van der Waals surface area contributed by atoms with E-state index in [4.69, 9.17) is 5.21 Å². The molecule has 3 rings (SSSR count). The van der Waals surface area contributed by atoms with Gasteiger partial charge in [-0.25, -0.2) is 5.48 Å². The topological polar surface area (TPSA) is 140 Å². The van der Waals surface area contributed by atoms with Crippen LogP contribution in [0.3, 0.4) is 0 Å². The van der Waals surface area contributed by atoms with Gasteiger partial charge in [0.15, 0.2) is 0 Å². The van der Waals surface area contributed by atoms with Gasteiger partial charge >= 0.3 is 0 Å². The Kier molecular flexibility index (Phi) is 10.4. The van der Waals surface area contributed by atoms with Crippen LogP contribution < -0.4 is 21.4 Å². The molecule has 38 heavy (non-hydrogen) atoms. The third-order valence-corrected chi connectivity index (χ3v) is 7.06. The lowest BCUT2D eigenvalue weighted by molar-refractivity contribution is -0.133. The Hall–Kier alpha value is -3.71. The minimum atomic E-state index is -1.29. The molecule has 3 amide bonds. The molecule has 3 unspecified atom stereocenters. The molecule has 0 spiro atoms. The first-order valence-corrected chi connectivity index (χ1v) is 12.9. The smallest absolute Gasteiger partial charge is 0.268 e. The van der Waals surface area contributed by atoms with Crippen LogP contribution in [0.2, 0.25) is 0 Å². The highest BCUT2D eigenvalue weighted by Crippen LogP contribution is 2.29. The van der Waals surface area contributed by atoms with E-state index in [-0.39, 0.29) is 18.0 Å². The van der Waals surface area contributed by atoms with E-state index in [1.807, 2.05) is 24.3 Å². The number of amides is 3. The van der Waals surface area contributed by atoms with Gasteiger partial charge in [-0.3, -0.25) is 19.6 Å². The number of hydroxylamine groups is 1. The number of aliphatic hydroxyl groups is 1. The summed E-state index contributed by atoms with van der Waals surface area (Å²) in [4.78, 5) is 36.4. The summed E-state index contributed by atoms with van der Waals surface area (Å²) in [7, 11) is 0. The van der Waals surface area contributed by atoms with E-state index in [9.17, 15) is 19.5 Å². The zero-order valence-electron chi connectivity index (χ0n) is 22.0. The molecule has 0 aromatic heterocycles. The van der Waals surface area contributed by atoms with E-state index in [0.29, 0.717) is 29.1 Å². The Morgan fingerprint density at radius 2 is 1.58 bits per heavy atom. The minimum Gasteiger partial charge on any atom is -0.391 e. The number of carbonyl (C=O) groups is 3. The molecule has 2 aromatic carbocycles. The fraction of sp³-hybridized carbons (Fsp3) is 0.414. The fourth-order valence-corrected chi connectivity index (χ4v) is 4.48. The standard InChI is InChI=1S/C29H36N4O5/c1-18-5-4-6-25(19(18)2)30-17-26(35)31-24-15-11-22(12-16-24)8-7-21-9-13-23(14-10-21)28(36)32-27(20(3)34)29(37)33-38/h9-16,18-20,25,27,30,34,38H,4-6,17H2,1-3H3,(H,31,35)(H,32,36)(H,33,37)/t18?,19?,20-,25?,27+/m1/s1. The summed E-state index contributed by atoms with van der Waals surface area (Å²) in [6.45, 7) is 6.14. The first-order valence-electron chi connectivity index (χ1n) is 12.9. The van der Waals surface area contributed by atoms with Gasteiger partial charge in [-0.05, 0) is 73.7 Å². The number of anilines is 1. The summed E-state index contributed by atoms with van der Waals surface area (Å²) in [6, 6.07) is 12.8. The fourth-order valence-electron chi connectivity index (χ4n) is 4.48. The number of rotatable bonds is 8. The van der Waals surface area contributed by atoms with Crippen molar-refractivity contribution in [1.82, 2.24) is 16.1 Å². The molecule has 0 saturated heterocycles. The summed E-state index contributed by atoms with van der Waals surface area (Å²) in [5, 5.41) is 27.1. The lowest BCUT2D eigenvalue weighted by Crippen LogP contribution is -2.51. The van der Waals surface area contributed by atoms with Crippen LogP contribution in [-0.2, 0) is 9.59 Å². The van der Waals surface area contributed by atoms with Crippen LogP contribution in [0.4, 0.5) is 5.69 Å². The molecule has 1 aliphatic rings. The average Bonchev–Trinajstić information content (AvgIpc) is 2.91. The maximum Gasteiger partial charge on any atom is 0.268 e. The van der Waals surface area contributed by atoms with Gasteiger partial charge in [0, 0.05) is 28.4 Å². The molecular weight excluding hydrogens is 484 g/mol. The van der Waals surface area contributed by atoms with Crippen molar-refractivity contribution in [1.29, 1.82) is 0 Å². The highest BCUT2D eigenvalue weighted by atomic mass is 16.5. The molecule has 0 heterocycles. The number of carbonyl (C=O) groups excluding carboxylic acids is 3. The second kappa shape index (κ2) is 13.7. The normalized spacial score (nSPS) is 20.3. The van der Waals surface area contributed by atoms with Crippen LogP contribution >= 0.6 is 0 Å². The lowest BCUT2D eigenvalue weighted by Gasteiger charge is -2.34. The predicted molar refractivity (Wildman–Crippen MR) is 144 cm³/mol. The maximum absolute atomic E-state index is 12.4. The Balaban J connectivity index is 1.51. The molecule has 202 valence electrons. The number of hydrogen-bond donors (Lipinski definition) is 6. The van der Waals surface area contributed by atoms with Crippen molar-refractivity contribution >= 4 is 23.4 Å². The minimum absolute atomic E-state index is 0.0739. The molecule has 2 aromatic rings. The molecule has 0 bridgehead atoms. The van der Waals surface area contributed by atoms with Crippen molar-refractivity contribution in [3.05, 3.63) is 65.2 Å². The lowest BCUT2D eigenvalue weighted by atomic mass is 9.78. The first kappa shape index (κ1) is 28.9. The highest BCUT2D eigenvalue weighted by Gasteiger charge is 2.27. The van der Waals surface area contributed by atoms with E-state index in [2.05, 4.69) is 41.6 Å². The monoisotopic (exact) mass is 520 g/mol. The molecule has 5 atom stereocenters. The Labute approximate surface area is 223 Å². The Bertz CT molecular complexity index is 1170. The number of hydrogen-bond acceptors (Lipinski definition) is 6. The van der Waals surface area contributed by atoms with Crippen LogP contribution in [-0.4, -0.2) is 52.8 Å². The number of aliphatic hydroxyl groups excluding tert-OH is 1. The average molecular weight is 521 g/mol. The number of benzene rings is 2. The molecule has 6 N–H and O–H groups in total. The SMILES string of the molecule is CC1CCCC(NCC(=O)Nc2ccc(C#Cc3ccc(C(=O)N[C@H](C(=O)NO)[C@@H](C)O)cc3)cc2)C1C. The zero-order valence-corrected chi connectivity index (χ0v) is 22.0. The van der Waals surface area contributed by atoms with E-state index < -0.39 is 24.0 Å². The first-order chi connectivity index (χ1) is 18.2. The van der Waals surface area contributed by atoms with Gasteiger partial charge in [0.05, 0.1) is 12.6 Å². The quantitative estimate of drug-likeness (QED) is 0.180. The summed E-state index contributed by atoms with van der Waals surface area (Å²) in [5.41, 5.74) is 3.84. The third kappa shape index (κ3) is 8.15. The van der Waals surface area contributed by atoms with Gasteiger partial charge in [-0.2, -0.15) is 0 Å². The zero-order chi connectivity index (χ0) is 27.7. The van der Waals surface area contributed by atoms with Crippen molar-refractivity contribution in [3.8, 4) is 11.8 Å². The predicted octanol–water partition coefficient (Wildman–Crippen LogP) is 2.42. The molecule has 1 fully saturated rings. The van der Waals surface area contributed by atoms with E-state index >= 15 is 0 Å².